The number of halogens is 1. The number of benzene rings is 3. The summed E-state index contributed by atoms with van der Waals surface area (Å²) in [5, 5.41) is 11.5. The first kappa shape index (κ1) is 25.3. The van der Waals surface area contributed by atoms with Gasteiger partial charge in [-0.25, -0.2) is 4.68 Å². The summed E-state index contributed by atoms with van der Waals surface area (Å²) in [6.07, 6.45) is 1.72. The minimum atomic E-state index is -0.500. The first-order chi connectivity index (χ1) is 17.2. The predicted octanol–water partition coefficient (Wildman–Crippen LogP) is 5.99. The van der Waals surface area contributed by atoms with E-state index in [0.29, 0.717) is 29.4 Å². The highest BCUT2D eigenvalue weighted by atomic mass is 35.5. The van der Waals surface area contributed by atoms with Crippen LogP contribution in [0.2, 0.25) is 5.02 Å². The summed E-state index contributed by atoms with van der Waals surface area (Å²) in [4.78, 5) is 25.4. The Labute approximate surface area is 215 Å². The first-order valence-electron chi connectivity index (χ1n) is 11.8. The Hall–Kier alpha value is -3.84. The van der Waals surface area contributed by atoms with Crippen LogP contribution in [0.1, 0.15) is 43.6 Å². The number of anilines is 1. The largest absolute Gasteiger partial charge is 0.494 e. The summed E-state index contributed by atoms with van der Waals surface area (Å²) < 4.78 is 7.42. The molecule has 0 unspecified atom stereocenters. The number of amides is 2. The van der Waals surface area contributed by atoms with Gasteiger partial charge in [-0.3, -0.25) is 9.59 Å². The zero-order valence-corrected chi connectivity index (χ0v) is 21.5. The van der Waals surface area contributed by atoms with Gasteiger partial charge in [-0.15, -0.1) is 0 Å². The van der Waals surface area contributed by atoms with Gasteiger partial charge in [0.15, 0.2) is 0 Å². The highest BCUT2D eigenvalue weighted by Crippen LogP contribution is 2.28. The van der Waals surface area contributed by atoms with E-state index in [-0.39, 0.29) is 11.8 Å². The molecule has 0 aliphatic carbocycles. The summed E-state index contributed by atoms with van der Waals surface area (Å²) in [6.45, 7) is 8.36. The van der Waals surface area contributed by atoms with Crippen molar-refractivity contribution in [1.82, 2.24) is 15.1 Å². The second-order valence-electron chi connectivity index (χ2n) is 9.43. The summed E-state index contributed by atoms with van der Waals surface area (Å²) in [6, 6.07) is 18.5. The number of carbonyl (C=O) groups is 2. The number of nitrogens with zero attached hydrogens (tertiary/aromatic N) is 2. The molecule has 0 saturated heterocycles. The maximum Gasteiger partial charge on any atom is 0.257 e. The van der Waals surface area contributed by atoms with Crippen molar-refractivity contribution in [3.63, 3.8) is 0 Å². The van der Waals surface area contributed by atoms with Gasteiger partial charge in [0.2, 0.25) is 5.91 Å². The van der Waals surface area contributed by atoms with E-state index in [1.807, 2.05) is 70.2 Å². The molecule has 0 spiro atoms. The van der Waals surface area contributed by atoms with Gasteiger partial charge in [0.05, 0.1) is 40.3 Å². The number of hydrogen-bond acceptors (Lipinski definition) is 4. The van der Waals surface area contributed by atoms with E-state index in [4.69, 9.17) is 16.3 Å². The van der Waals surface area contributed by atoms with E-state index in [1.165, 1.54) is 0 Å². The van der Waals surface area contributed by atoms with Crippen LogP contribution in [-0.2, 0) is 11.3 Å². The molecule has 0 fully saturated rings. The topological polar surface area (TPSA) is 85.2 Å². The minimum absolute atomic E-state index is 0.0704. The Morgan fingerprint density at radius 1 is 1.06 bits per heavy atom. The zero-order valence-electron chi connectivity index (χ0n) is 20.8. The Morgan fingerprint density at radius 3 is 2.58 bits per heavy atom. The Bertz CT molecular complexity index is 1420. The molecule has 1 heterocycles. The molecular weight excluding hydrogens is 476 g/mol. The van der Waals surface area contributed by atoms with Gasteiger partial charge in [-0.2, -0.15) is 5.10 Å². The summed E-state index contributed by atoms with van der Waals surface area (Å²) in [5.74, 6) is 0.345. The van der Waals surface area contributed by atoms with Crippen LogP contribution in [0.25, 0.3) is 16.6 Å². The van der Waals surface area contributed by atoms with E-state index in [0.717, 1.165) is 27.9 Å². The molecule has 2 N–H and O–H groups in total. The van der Waals surface area contributed by atoms with Crippen molar-refractivity contribution in [3.05, 3.63) is 83.0 Å². The average molecular weight is 505 g/mol. The van der Waals surface area contributed by atoms with Gasteiger partial charge in [0.1, 0.15) is 5.75 Å². The molecule has 0 saturated carbocycles. The number of nitrogens with one attached hydrogen (secondary N) is 2. The monoisotopic (exact) mass is 504 g/mol. The highest BCUT2D eigenvalue weighted by molar-refractivity contribution is 6.34. The van der Waals surface area contributed by atoms with Crippen LogP contribution in [0, 0.1) is 5.41 Å². The highest BCUT2D eigenvalue weighted by Gasteiger charge is 2.21. The molecule has 7 nitrogen and oxygen atoms in total. The van der Waals surface area contributed by atoms with Crippen molar-refractivity contribution < 1.29 is 14.3 Å². The maximum absolute atomic E-state index is 13.2. The van der Waals surface area contributed by atoms with Crippen LogP contribution < -0.4 is 15.4 Å². The summed E-state index contributed by atoms with van der Waals surface area (Å²) in [7, 11) is 0. The fourth-order valence-electron chi connectivity index (χ4n) is 3.73. The first-order valence-corrected chi connectivity index (χ1v) is 12.1. The van der Waals surface area contributed by atoms with Crippen LogP contribution >= 0.6 is 11.6 Å². The molecule has 36 heavy (non-hydrogen) atoms. The minimum Gasteiger partial charge on any atom is -0.494 e. The lowest BCUT2D eigenvalue weighted by molar-refractivity contribution is -0.128. The quantitative estimate of drug-likeness (QED) is 0.323. The fourth-order valence-corrected chi connectivity index (χ4v) is 3.93. The number of ether oxygens (including phenoxy) is 1. The number of aromatic nitrogens is 2. The predicted molar refractivity (Wildman–Crippen MR) is 143 cm³/mol. The van der Waals surface area contributed by atoms with Crippen molar-refractivity contribution in [2.24, 2.45) is 5.41 Å². The van der Waals surface area contributed by atoms with E-state index in [2.05, 4.69) is 15.7 Å². The van der Waals surface area contributed by atoms with Gasteiger partial charge < -0.3 is 15.4 Å². The van der Waals surface area contributed by atoms with E-state index in [9.17, 15) is 9.59 Å². The Balaban J connectivity index is 1.58. The second kappa shape index (κ2) is 10.4. The van der Waals surface area contributed by atoms with Crippen molar-refractivity contribution in [3.8, 4) is 11.4 Å². The molecule has 2 amide bonds. The van der Waals surface area contributed by atoms with Crippen LogP contribution in [0.4, 0.5) is 5.69 Å². The number of rotatable bonds is 7. The Morgan fingerprint density at radius 2 is 1.83 bits per heavy atom. The number of fused-ring (bicyclic) bond motifs is 1. The standard InChI is InChI=1S/C28H29ClN4O3/c1-5-36-20-9-6-8-19(15-20)33-25-11-7-10-24(22(25)17-31-33)32-26(34)21-14-18(12-13-23(21)29)16-30-27(35)28(2,3)4/h6-15,17H,5,16H2,1-4H3,(H,30,35)(H,32,34). The third-order valence-corrected chi connectivity index (χ3v) is 5.97. The van der Waals surface area contributed by atoms with E-state index < -0.39 is 5.41 Å². The van der Waals surface area contributed by atoms with Gasteiger partial charge in [-0.05, 0) is 48.9 Å². The summed E-state index contributed by atoms with van der Waals surface area (Å²) in [5.41, 5.74) is 2.92. The third-order valence-electron chi connectivity index (χ3n) is 5.64. The smallest absolute Gasteiger partial charge is 0.257 e. The lowest BCUT2D eigenvalue weighted by Gasteiger charge is -2.18. The van der Waals surface area contributed by atoms with E-state index in [1.54, 1.807) is 29.1 Å². The van der Waals surface area contributed by atoms with Gasteiger partial charge in [0, 0.05) is 23.4 Å². The normalized spacial score (nSPS) is 11.4. The van der Waals surface area contributed by atoms with Crippen molar-refractivity contribution in [2.45, 2.75) is 34.2 Å². The molecule has 186 valence electrons. The maximum atomic E-state index is 13.2. The van der Waals surface area contributed by atoms with Crippen molar-refractivity contribution in [1.29, 1.82) is 0 Å². The van der Waals surface area contributed by atoms with Crippen LogP contribution in [0.5, 0.6) is 5.75 Å². The van der Waals surface area contributed by atoms with E-state index >= 15 is 0 Å². The van der Waals surface area contributed by atoms with Crippen molar-refractivity contribution in [2.75, 3.05) is 11.9 Å². The van der Waals surface area contributed by atoms with Gasteiger partial charge in [0.25, 0.3) is 5.91 Å². The second-order valence-corrected chi connectivity index (χ2v) is 9.83. The Kier molecular flexibility index (Phi) is 7.31. The lowest BCUT2D eigenvalue weighted by Crippen LogP contribution is -2.34. The number of hydrogen-bond donors (Lipinski definition) is 2. The fraction of sp³-hybridized carbons (Fsp3) is 0.250. The van der Waals surface area contributed by atoms with Crippen LogP contribution in [-0.4, -0.2) is 28.2 Å². The number of carbonyl (C=O) groups excluding carboxylic acids is 2. The molecule has 0 bridgehead atoms. The SMILES string of the molecule is CCOc1cccc(-n2ncc3c(NC(=O)c4cc(CNC(=O)C(C)(C)C)ccc4Cl)cccc32)c1. The molecule has 3 aromatic carbocycles. The molecule has 8 heteroatoms. The molecular formula is C28H29ClN4O3. The molecule has 0 atom stereocenters. The molecule has 0 aliphatic rings. The van der Waals surface area contributed by atoms with Crippen molar-refractivity contribution >= 4 is 40.0 Å². The molecule has 1 aromatic heterocycles. The molecule has 4 aromatic rings. The van der Waals surface area contributed by atoms with Gasteiger partial charge >= 0.3 is 0 Å². The van der Waals surface area contributed by atoms with Crippen LogP contribution in [0.15, 0.2) is 66.9 Å². The van der Waals surface area contributed by atoms with Gasteiger partial charge in [-0.1, -0.05) is 50.6 Å². The third kappa shape index (κ3) is 5.52. The molecule has 4 rings (SSSR count). The average Bonchev–Trinajstić information content (AvgIpc) is 3.28. The zero-order chi connectivity index (χ0) is 25.9. The molecule has 0 radical (unpaired) electrons. The molecule has 0 aliphatic heterocycles. The summed E-state index contributed by atoms with van der Waals surface area (Å²) >= 11 is 6.36. The lowest BCUT2D eigenvalue weighted by atomic mass is 9.95. The van der Waals surface area contributed by atoms with Crippen LogP contribution in [0.3, 0.4) is 0 Å².